The van der Waals surface area contributed by atoms with E-state index in [1.54, 1.807) is 0 Å². The van der Waals surface area contributed by atoms with Crippen LogP contribution in [0.1, 0.15) is 0 Å². The van der Waals surface area contributed by atoms with Gasteiger partial charge < -0.3 is 35.4 Å². The summed E-state index contributed by atoms with van der Waals surface area (Å²) < 4.78 is 4.05. The lowest BCUT2D eigenvalue weighted by Crippen LogP contribution is -2.47. The number of rotatable bonds is 6. The minimum atomic E-state index is -1.90. The molecule has 0 rings (SSSR count). The van der Waals surface area contributed by atoms with Gasteiger partial charge in [-0.3, -0.25) is 0 Å². The summed E-state index contributed by atoms with van der Waals surface area (Å²) >= 11 is 0. The van der Waals surface area contributed by atoms with E-state index in [-0.39, 0.29) is 0 Å². The predicted octanol–water partition coefficient (Wildman–Crippen LogP) is -3.95. The van der Waals surface area contributed by atoms with Crippen LogP contribution in [0.15, 0.2) is 0 Å². The highest BCUT2D eigenvalue weighted by atomic mass is 16.6. The molecule has 0 radical (unpaired) electrons. The summed E-state index contributed by atoms with van der Waals surface area (Å²) in [6, 6.07) is 0. The van der Waals surface area contributed by atoms with Crippen molar-refractivity contribution in [3.63, 3.8) is 0 Å². The predicted molar refractivity (Wildman–Crippen MR) is 49.7 cm³/mol. The van der Waals surface area contributed by atoms with Gasteiger partial charge in [0.1, 0.15) is 31.0 Å². The molecule has 9 heteroatoms. The van der Waals surface area contributed by atoms with E-state index < -0.39 is 49.6 Å². The molecule has 0 aliphatic rings. The lowest BCUT2D eigenvalue weighted by molar-refractivity contribution is -0.170. The molecule has 0 amide bonds. The molecule has 0 fully saturated rings. The Bertz CT molecular complexity index is 266. The third kappa shape index (κ3) is 5.06. The van der Waals surface area contributed by atoms with Crippen molar-refractivity contribution in [2.75, 3.05) is 13.2 Å². The Balaban J connectivity index is 4.18. The van der Waals surface area contributed by atoms with Crippen LogP contribution in [0.25, 0.3) is 0 Å². The number of esters is 1. The van der Waals surface area contributed by atoms with Crippen molar-refractivity contribution in [3.05, 3.63) is 0 Å². The number of carbonyl (C=O) groups excluding carboxylic acids is 1. The van der Waals surface area contributed by atoms with Crippen LogP contribution < -0.4 is 0 Å². The second-order valence-corrected chi connectivity index (χ2v) is 3.20. The molecular formula is C8H14O9. The van der Waals surface area contributed by atoms with Gasteiger partial charge >= 0.3 is 11.9 Å². The normalized spacial score (nSPS) is 17.9. The quantitative estimate of drug-likeness (QED) is 0.205. The third-order valence-electron chi connectivity index (χ3n) is 1.89. The van der Waals surface area contributed by atoms with Crippen molar-refractivity contribution in [2.45, 2.75) is 24.4 Å². The van der Waals surface area contributed by atoms with Crippen LogP contribution >= 0.6 is 0 Å². The van der Waals surface area contributed by atoms with E-state index in [0.717, 1.165) is 0 Å². The van der Waals surface area contributed by atoms with Gasteiger partial charge in [-0.2, -0.15) is 0 Å². The number of ether oxygens (including phenoxy) is 1. The number of aliphatic hydroxyl groups is 5. The Hall–Kier alpha value is -1.26. The molecular weight excluding hydrogens is 240 g/mol. The first-order valence-electron chi connectivity index (χ1n) is 4.54. The Morgan fingerprint density at radius 3 is 1.88 bits per heavy atom. The number of carboxylic acids is 1. The fourth-order valence-electron chi connectivity index (χ4n) is 0.885. The van der Waals surface area contributed by atoms with Crippen molar-refractivity contribution in [1.29, 1.82) is 0 Å². The van der Waals surface area contributed by atoms with Gasteiger partial charge in [0.15, 0.2) is 0 Å². The molecule has 6 N–H and O–H groups in total. The smallest absolute Gasteiger partial charge is 0.417 e. The van der Waals surface area contributed by atoms with E-state index in [1.165, 1.54) is 0 Å². The first-order valence-corrected chi connectivity index (χ1v) is 4.54. The minimum Gasteiger partial charge on any atom is -0.473 e. The van der Waals surface area contributed by atoms with Gasteiger partial charge in [0.05, 0.1) is 6.61 Å². The molecule has 9 nitrogen and oxygen atoms in total. The number of aliphatic hydroxyl groups excluding tert-OH is 5. The largest absolute Gasteiger partial charge is 0.473 e. The van der Waals surface area contributed by atoms with E-state index in [9.17, 15) is 19.8 Å². The SMILES string of the molecule is O=C(O)C(=O)OCC(O)C(O)C(O)C(O)CO. The monoisotopic (exact) mass is 254 g/mol. The fourth-order valence-corrected chi connectivity index (χ4v) is 0.885. The third-order valence-corrected chi connectivity index (χ3v) is 1.89. The first-order chi connectivity index (χ1) is 7.81. The Kier molecular flexibility index (Phi) is 6.61. The highest BCUT2D eigenvalue weighted by Gasteiger charge is 2.31. The van der Waals surface area contributed by atoms with Crippen LogP contribution in [-0.2, 0) is 14.3 Å². The fraction of sp³-hybridized carbons (Fsp3) is 0.750. The van der Waals surface area contributed by atoms with Crippen molar-refractivity contribution in [1.82, 2.24) is 0 Å². The second-order valence-electron chi connectivity index (χ2n) is 3.20. The lowest BCUT2D eigenvalue weighted by Gasteiger charge is -2.25. The van der Waals surface area contributed by atoms with Gasteiger partial charge in [-0.1, -0.05) is 0 Å². The highest BCUT2D eigenvalue weighted by molar-refractivity contribution is 6.28. The van der Waals surface area contributed by atoms with Crippen molar-refractivity contribution in [3.8, 4) is 0 Å². The molecule has 0 saturated heterocycles. The Morgan fingerprint density at radius 1 is 1.00 bits per heavy atom. The summed E-state index contributed by atoms with van der Waals surface area (Å²) in [5.41, 5.74) is 0. The molecule has 0 bridgehead atoms. The van der Waals surface area contributed by atoms with E-state index >= 15 is 0 Å². The molecule has 100 valence electrons. The molecule has 0 spiro atoms. The van der Waals surface area contributed by atoms with Crippen LogP contribution in [0.5, 0.6) is 0 Å². The lowest BCUT2D eigenvalue weighted by atomic mass is 10.0. The maximum Gasteiger partial charge on any atom is 0.417 e. The highest BCUT2D eigenvalue weighted by Crippen LogP contribution is 2.05. The number of hydrogen-bond donors (Lipinski definition) is 6. The molecule has 0 aromatic carbocycles. The molecule has 0 saturated carbocycles. The van der Waals surface area contributed by atoms with Gasteiger partial charge in [0.2, 0.25) is 0 Å². The van der Waals surface area contributed by atoms with Crippen molar-refractivity contribution in [2.24, 2.45) is 0 Å². The zero-order valence-corrected chi connectivity index (χ0v) is 8.63. The average molecular weight is 254 g/mol. The van der Waals surface area contributed by atoms with E-state index in [4.69, 9.17) is 20.4 Å². The Labute approximate surface area is 95.5 Å². The first kappa shape index (κ1) is 15.7. The summed E-state index contributed by atoms with van der Waals surface area (Å²) in [6.45, 7) is -1.72. The van der Waals surface area contributed by atoms with Crippen LogP contribution in [0.4, 0.5) is 0 Å². The van der Waals surface area contributed by atoms with E-state index in [2.05, 4.69) is 4.74 Å². The van der Waals surface area contributed by atoms with Crippen molar-refractivity contribution >= 4 is 11.9 Å². The molecule has 0 aliphatic heterocycles. The molecule has 4 atom stereocenters. The van der Waals surface area contributed by atoms with Gasteiger partial charge in [0.25, 0.3) is 0 Å². The average Bonchev–Trinajstić information content (AvgIpc) is 2.32. The van der Waals surface area contributed by atoms with Crippen molar-refractivity contribution < 1.29 is 45.0 Å². The number of carbonyl (C=O) groups is 2. The maximum absolute atomic E-state index is 10.5. The van der Waals surface area contributed by atoms with E-state index in [1.807, 2.05) is 0 Å². The van der Waals surface area contributed by atoms with Crippen LogP contribution in [-0.4, -0.2) is 80.2 Å². The summed E-state index contributed by atoms with van der Waals surface area (Å²) in [5, 5.41) is 53.1. The van der Waals surface area contributed by atoms with Gasteiger partial charge in [-0.25, -0.2) is 9.59 Å². The van der Waals surface area contributed by atoms with Crippen LogP contribution in [0, 0.1) is 0 Å². The molecule has 0 aliphatic carbocycles. The van der Waals surface area contributed by atoms with Crippen LogP contribution in [0.2, 0.25) is 0 Å². The number of carboxylic acid groups (broad SMARTS) is 1. The number of hydrogen-bond acceptors (Lipinski definition) is 8. The van der Waals surface area contributed by atoms with Gasteiger partial charge in [0, 0.05) is 0 Å². The van der Waals surface area contributed by atoms with E-state index in [0.29, 0.717) is 0 Å². The summed E-state index contributed by atoms with van der Waals surface area (Å²) in [6.07, 6.45) is -7.25. The standard InChI is InChI=1S/C8H14O9/c9-1-3(10)5(12)6(13)4(11)2-17-8(16)7(14)15/h3-6,9-13H,1-2H2,(H,14,15). The molecule has 0 heterocycles. The Morgan fingerprint density at radius 2 is 1.47 bits per heavy atom. The molecule has 0 aromatic heterocycles. The molecule has 4 unspecified atom stereocenters. The summed E-state index contributed by atoms with van der Waals surface area (Å²) in [7, 11) is 0. The zero-order valence-electron chi connectivity index (χ0n) is 8.63. The molecule has 17 heavy (non-hydrogen) atoms. The van der Waals surface area contributed by atoms with Crippen LogP contribution in [0.3, 0.4) is 0 Å². The van der Waals surface area contributed by atoms with Gasteiger partial charge in [-0.05, 0) is 0 Å². The number of aliphatic carboxylic acids is 1. The topological polar surface area (TPSA) is 165 Å². The maximum atomic E-state index is 10.5. The molecule has 0 aromatic rings. The van der Waals surface area contributed by atoms with Gasteiger partial charge in [-0.15, -0.1) is 0 Å². The second kappa shape index (κ2) is 7.14. The minimum absolute atomic E-state index is 0.847. The summed E-state index contributed by atoms with van der Waals surface area (Å²) in [5.74, 6) is -3.50. The summed E-state index contributed by atoms with van der Waals surface area (Å²) in [4.78, 5) is 20.5. The zero-order chi connectivity index (χ0) is 13.6.